The zero-order chi connectivity index (χ0) is 38.5. The molecule has 8 aromatic carbocycles. The molecule has 4 atom stereocenters. The summed E-state index contributed by atoms with van der Waals surface area (Å²) in [5.74, 6) is 3.70. The Balaban J connectivity index is 0.928. The molecule has 14 rings (SSSR count). The maximum Gasteiger partial charge on any atom is 0.0476 e. The Bertz CT molecular complexity index is 3150. The summed E-state index contributed by atoms with van der Waals surface area (Å²) in [5.41, 5.74) is 18.0. The molecule has 4 fully saturated rings. The minimum Gasteiger partial charge on any atom is -0.310 e. The zero-order valence-corrected chi connectivity index (χ0v) is 33.5. The van der Waals surface area contributed by atoms with Gasteiger partial charge in [0.25, 0.3) is 0 Å². The van der Waals surface area contributed by atoms with Crippen LogP contribution in [0, 0.1) is 29.1 Å². The van der Waals surface area contributed by atoms with Crippen molar-refractivity contribution >= 4 is 48.6 Å². The van der Waals surface area contributed by atoms with Crippen LogP contribution < -0.4 is 4.90 Å². The van der Waals surface area contributed by atoms with Gasteiger partial charge in [-0.1, -0.05) is 140 Å². The van der Waals surface area contributed by atoms with E-state index in [2.05, 4.69) is 193 Å². The molecule has 0 radical (unpaired) electrons. The van der Waals surface area contributed by atoms with Crippen LogP contribution in [0.3, 0.4) is 0 Å². The highest BCUT2D eigenvalue weighted by Crippen LogP contribution is 2.94. The molecule has 4 saturated carbocycles. The number of anilines is 3. The third kappa shape index (κ3) is 4.11. The van der Waals surface area contributed by atoms with Crippen molar-refractivity contribution in [3.8, 4) is 44.5 Å². The SMILES string of the molecule is c1ccc(-c2ccc(N(c3ccc(-c4ccc5c(c4)-c4ccccc4C54C5CC6CC7CC4C675)c(-c4ccccc4)c3)c3ccc4c(c3)sc3ccccc34)cc2)cc1. The maximum atomic E-state index is 2.56. The van der Waals surface area contributed by atoms with Crippen molar-refractivity contribution < 1.29 is 0 Å². The fourth-order valence-electron chi connectivity index (χ4n) is 13.7. The number of hydrogen-bond donors (Lipinski definition) is 0. The van der Waals surface area contributed by atoms with Gasteiger partial charge in [0.1, 0.15) is 0 Å². The van der Waals surface area contributed by atoms with Gasteiger partial charge in [-0.3, -0.25) is 0 Å². The number of thiophene rings is 1. The van der Waals surface area contributed by atoms with Gasteiger partial charge in [0.2, 0.25) is 0 Å². The number of rotatable bonds is 6. The average Bonchev–Trinajstić information content (AvgIpc) is 3.79. The highest BCUT2D eigenvalue weighted by molar-refractivity contribution is 7.25. The molecule has 0 N–H and O–H groups in total. The largest absolute Gasteiger partial charge is 0.310 e. The summed E-state index contributed by atoms with van der Waals surface area (Å²) in [7, 11) is 0. The van der Waals surface area contributed by atoms with Crippen LogP contribution in [0.5, 0.6) is 0 Å². The molecular weight excluding hydrogens is 731 g/mol. The predicted molar refractivity (Wildman–Crippen MR) is 247 cm³/mol. The number of hydrogen-bond acceptors (Lipinski definition) is 2. The van der Waals surface area contributed by atoms with Crippen molar-refractivity contribution in [2.45, 2.75) is 24.7 Å². The fraction of sp³-hybridized carbons (Fsp3) is 0.158. The van der Waals surface area contributed by atoms with Crippen LogP contribution in [-0.2, 0) is 5.41 Å². The molecule has 4 unspecified atom stereocenters. The van der Waals surface area contributed by atoms with E-state index in [9.17, 15) is 0 Å². The van der Waals surface area contributed by atoms with Crippen molar-refractivity contribution in [3.63, 3.8) is 0 Å². The fourth-order valence-corrected chi connectivity index (χ4v) is 14.8. The van der Waals surface area contributed by atoms with Crippen LogP contribution in [-0.4, -0.2) is 0 Å². The van der Waals surface area contributed by atoms with Gasteiger partial charge in [-0.25, -0.2) is 0 Å². The van der Waals surface area contributed by atoms with Gasteiger partial charge in [0, 0.05) is 42.6 Å². The topological polar surface area (TPSA) is 3.24 Å². The van der Waals surface area contributed by atoms with E-state index in [-0.39, 0.29) is 5.41 Å². The van der Waals surface area contributed by atoms with E-state index < -0.39 is 0 Å². The highest BCUT2D eigenvalue weighted by Gasteiger charge is 2.90. The second-order valence-electron chi connectivity index (χ2n) is 18.0. The molecule has 280 valence electrons. The minimum absolute atomic E-state index is 0.232. The molecule has 9 aromatic rings. The van der Waals surface area contributed by atoms with Crippen molar-refractivity contribution in [2.75, 3.05) is 4.90 Å². The molecule has 1 nitrogen and oxygen atoms in total. The molecule has 2 spiro atoms. The van der Waals surface area contributed by atoms with Crippen LogP contribution >= 0.6 is 11.3 Å². The van der Waals surface area contributed by atoms with Crippen molar-refractivity contribution in [1.82, 2.24) is 0 Å². The van der Waals surface area contributed by atoms with E-state index in [1.54, 1.807) is 11.1 Å². The van der Waals surface area contributed by atoms with Gasteiger partial charge >= 0.3 is 0 Å². The lowest BCUT2D eigenvalue weighted by molar-refractivity contribution is -0.412. The van der Waals surface area contributed by atoms with Gasteiger partial charge in [0.05, 0.1) is 0 Å². The Morgan fingerprint density at radius 2 is 1.00 bits per heavy atom. The van der Waals surface area contributed by atoms with E-state index in [0.717, 1.165) is 40.7 Å². The molecule has 0 aliphatic heterocycles. The molecule has 5 aliphatic rings. The number of nitrogens with zero attached hydrogens (tertiary/aromatic N) is 1. The smallest absolute Gasteiger partial charge is 0.0476 e. The summed E-state index contributed by atoms with van der Waals surface area (Å²) >= 11 is 1.88. The molecule has 1 heterocycles. The van der Waals surface area contributed by atoms with Crippen LogP contribution in [0.2, 0.25) is 0 Å². The lowest BCUT2D eigenvalue weighted by Gasteiger charge is -2.92. The van der Waals surface area contributed by atoms with Gasteiger partial charge in [-0.2, -0.15) is 0 Å². The Labute approximate surface area is 349 Å². The lowest BCUT2D eigenvalue weighted by Crippen LogP contribution is -2.88. The number of fused-ring (bicyclic) bond motifs is 10. The first kappa shape index (κ1) is 32.7. The van der Waals surface area contributed by atoms with Gasteiger partial charge in [0.15, 0.2) is 0 Å². The first-order chi connectivity index (χ1) is 29.2. The van der Waals surface area contributed by atoms with E-state index in [0.29, 0.717) is 5.41 Å². The summed E-state index contributed by atoms with van der Waals surface area (Å²) in [6.45, 7) is 0. The van der Waals surface area contributed by atoms with Gasteiger partial charge in [-0.05, 0) is 153 Å². The van der Waals surface area contributed by atoms with Crippen LogP contribution in [0.1, 0.15) is 30.4 Å². The quantitative estimate of drug-likeness (QED) is 0.163. The van der Waals surface area contributed by atoms with E-state index in [1.165, 1.54) is 83.9 Å². The van der Waals surface area contributed by atoms with Gasteiger partial charge < -0.3 is 4.90 Å². The highest BCUT2D eigenvalue weighted by atomic mass is 32.1. The van der Waals surface area contributed by atoms with Crippen molar-refractivity contribution in [1.29, 1.82) is 0 Å². The van der Waals surface area contributed by atoms with Crippen molar-refractivity contribution in [2.24, 2.45) is 29.1 Å². The predicted octanol–water partition coefficient (Wildman–Crippen LogP) is 15.5. The summed E-state index contributed by atoms with van der Waals surface area (Å²) in [6, 6.07) is 70.8. The van der Waals surface area contributed by atoms with E-state index >= 15 is 0 Å². The summed E-state index contributed by atoms with van der Waals surface area (Å²) in [6.07, 6.45) is 4.37. The second-order valence-corrected chi connectivity index (χ2v) is 19.1. The lowest BCUT2D eigenvalue weighted by atomic mass is 9.11. The molecule has 0 saturated heterocycles. The Kier molecular flexibility index (Phi) is 6.49. The monoisotopic (exact) mass is 771 g/mol. The number of benzene rings is 8. The molecule has 1 aromatic heterocycles. The van der Waals surface area contributed by atoms with Crippen LogP contribution in [0.15, 0.2) is 188 Å². The first-order valence-electron chi connectivity index (χ1n) is 21.5. The Morgan fingerprint density at radius 1 is 0.390 bits per heavy atom. The summed E-state index contributed by atoms with van der Waals surface area (Å²) < 4.78 is 2.63. The molecule has 0 bridgehead atoms. The Hall–Kier alpha value is -6.22. The first-order valence-corrected chi connectivity index (χ1v) is 22.3. The van der Waals surface area contributed by atoms with Crippen LogP contribution in [0.25, 0.3) is 64.7 Å². The minimum atomic E-state index is 0.232. The molecular formula is C57H41NS. The molecule has 59 heavy (non-hydrogen) atoms. The molecule has 2 heteroatoms. The van der Waals surface area contributed by atoms with Crippen LogP contribution in [0.4, 0.5) is 17.1 Å². The normalized spacial score (nSPS) is 24.9. The zero-order valence-electron chi connectivity index (χ0n) is 32.7. The summed E-state index contributed by atoms with van der Waals surface area (Å²) in [4.78, 5) is 2.45. The standard InChI is InChI=1S/C57H41NS/c1-3-11-35(12-4-1)36-19-22-41(23-20-36)58(43-25-27-47-46-16-8-10-18-52(46)59-53(47)34-43)42-24-26-44(48(33-42)37-13-5-2-6-14-37)38-21-28-51-49(29-38)45-15-7-9-17-50(45)57(51)54-31-39-30-40-32-55(57)56(39,40)54/h1-29,33-34,39-40,54-55H,30-32H2. The van der Waals surface area contributed by atoms with E-state index in [4.69, 9.17) is 0 Å². The second kappa shape index (κ2) is 11.7. The third-order valence-electron chi connectivity index (χ3n) is 16.0. The molecule has 0 amide bonds. The van der Waals surface area contributed by atoms with E-state index in [1.807, 2.05) is 11.3 Å². The summed E-state index contributed by atoms with van der Waals surface area (Å²) in [5, 5.41) is 2.64. The van der Waals surface area contributed by atoms with Gasteiger partial charge in [-0.15, -0.1) is 11.3 Å². The Morgan fingerprint density at radius 3 is 1.80 bits per heavy atom. The third-order valence-corrected chi connectivity index (χ3v) is 17.1. The average molecular weight is 772 g/mol. The molecule has 5 aliphatic carbocycles. The van der Waals surface area contributed by atoms with Crippen molar-refractivity contribution in [3.05, 3.63) is 199 Å². The maximum absolute atomic E-state index is 2.56.